The third kappa shape index (κ3) is 4.83. The van der Waals surface area contributed by atoms with Crippen molar-refractivity contribution in [3.8, 4) is 11.6 Å². The highest BCUT2D eigenvalue weighted by Gasteiger charge is 2.22. The number of hydrogen-bond donors (Lipinski definition) is 3. The summed E-state index contributed by atoms with van der Waals surface area (Å²) in [6.45, 7) is 1.87. The van der Waals surface area contributed by atoms with E-state index in [0.29, 0.717) is 16.7 Å². The van der Waals surface area contributed by atoms with E-state index in [0.717, 1.165) is 11.8 Å². The van der Waals surface area contributed by atoms with Crippen LogP contribution in [-0.2, 0) is 16.1 Å². The van der Waals surface area contributed by atoms with E-state index in [9.17, 15) is 14.4 Å². The number of nitrogens with one attached hydrogen (secondary N) is 2. The molecule has 2 aromatic rings. The Morgan fingerprint density at radius 1 is 1.40 bits per heavy atom. The molecule has 2 rings (SSSR count). The first kappa shape index (κ1) is 18.5. The summed E-state index contributed by atoms with van der Waals surface area (Å²) in [5.41, 5.74) is 5.22. The first-order chi connectivity index (χ1) is 11.9. The first-order valence-electron chi connectivity index (χ1n) is 7.37. The molecule has 0 radical (unpaired) electrons. The Bertz CT molecular complexity index is 757. The van der Waals surface area contributed by atoms with Crippen molar-refractivity contribution in [2.45, 2.75) is 30.3 Å². The van der Waals surface area contributed by atoms with Crippen LogP contribution in [0.1, 0.15) is 13.3 Å². The minimum Gasteiger partial charge on any atom is -0.461 e. The summed E-state index contributed by atoms with van der Waals surface area (Å²) >= 11 is 1.10. The highest BCUT2D eigenvalue weighted by molar-refractivity contribution is 8.00. The zero-order valence-electron chi connectivity index (χ0n) is 13.7. The molecular weight excluding hydrogens is 348 g/mol. The van der Waals surface area contributed by atoms with Gasteiger partial charge in [0.05, 0.1) is 11.5 Å². The number of rotatable bonds is 7. The molecule has 4 N–H and O–H groups in total. The summed E-state index contributed by atoms with van der Waals surface area (Å²) < 4.78 is 6.97. The number of urea groups is 1. The largest absolute Gasteiger partial charge is 0.461 e. The Labute approximate surface area is 147 Å². The Balaban J connectivity index is 2.20. The first-order valence-corrected chi connectivity index (χ1v) is 8.25. The highest BCUT2D eigenvalue weighted by Crippen LogP contribution is 2.27. The number of hydrogen-bond acceptors (Lipinski definition) is 7. The van der Waals surface area contributed by atoms with E-state index < -0.39 is 23.1 Å². The monoisotopic (exact) mass is 366 g/mol. The SMILES string of the molecule is CNC(=O)NC(=O)[C@H](C)Sc1nnc(-c2ccco2)n1CCC(N)=O. The molecule has 10 nitrogen and oxygen atoms in total. The van der Waals surface area contributed by atoms with Crippen LogP contribution in [0.3, 0.4) is 0 Å². The zero-order valence-corrected chi connectivity index (χ0v) is 14.5. The van der Waals surface area contributed by atoms with Crippen molar-refractivity contribution in [1.29, 1.82) is 0 Å². The molecule has 0 unspecified atom stereocenters. The quantitative estimate of drug-likeness (QED) is 0.599. The standard InChI is InChI=1S/C14H18N6O4S/c1-8(12(22)17-13(23)16-2)25-14-19-18-11(9-4-3-7-24-9)20(14)6-5-10(15)21/h3-4,7-8H,5-6H2,1-2H3,(H2,15,21)(H2,16,17,22,23)/t8-/m0/s1. The lowest BCUT2D eigenvalue weighted by atomic mass is 10.3. The Morgan fingerprint density at radius 3 is 2.76 bits per heavy atom. The fourth-order valence-electron chi connectivity index (χ4n) is 1.88. The molecule has 0 aromatic carbocycles. The topological polar surface area (TPSA) is 145 Å². The number of amides is 4. The molecule has 0 bridgehead atoms. The summed E-state index contributed by atoms with van der Waals surface area (Å²) in [6, 6.07) is 2.82. The maximum Gasteiger partial charge on any atom is 0.321 e. The van der Waals surface area contributed by atoms with Crippen molar-refractivity contribution in [1.82, 2.24) is 25.4 Å². The van der Waals surface area contributed by atoms with Gasteiger partial charge in [-0.2, -0.15) is 0 Å². The van der Waals surface area contributed by atoms with Crippen molar-refractivity contribution in [2.24, 2.45) is 5.73 Å². The Kier molecular flexibility index (Phi) is 6.17. The van der Waals surface area contributed by atoms with Gasteiger partial charge in [0.15, 0.2) is 16.7 Å². The second-order valence-electron chi connectivity index (χ2n) is 4.98. The van der Waals surface area contributed by atoms with Crippen molar-refractivity contribution in [3.63, 3.8) is 0 Å². The predicted molar refractivity (Wildman–Crippen MR) is 89.5 cm³/mol. The molecule has 25 heavy (non-hydrogen) atoms. The number of thioether (sulfide) groups is 1. The van der Waals surface area contributed by atoms with Gasteiger partial charge in [0.2, 0.25) is 11.8 Å². The normalized spacial score (nSPS) is 11.8. The molecule has 0 spiro atoms. The third-order valence-electron chi connectivity index (χ3n) is 3.16. The summed E-state index contributed by atoms with van der Waals surface area (Å²) in [5.74, 6) is -0.0484. The summed E-state index contributed by atoms with van der Waals surface area (Å²) in [7, 11) is 1.41. The molecule has 0 saturated heterocycles. The molecule has 0 aliphatic rings. The minimum absolute atomic E-state index is 0.0815. The van der Waals surface area contributed by atoms with Crippen molar-refractivity contribution >= 4 is 29.6 Å². The van der Waals surface area contributed by atoms with Gasteiger partial charge in [0, 0.05) is 20.0 Å². The molecule has 2 heterocycles. The van der Waals surface area contributed by atoms with Gasteiger partial charge in [-0.1, -0.05) is 11.8 Å². The van der Waals surface area contributed by atoms with Gasteiger partial charge in [0.25, 0.3) is 0 Å². The highest BCUT2D eigenvalue weighted by atomic mass is 32.2. The molecule has 4 amide bonds. The van der Waals surface area contributed by atoms with Gasteiger partial charge in [-0.15, -0.1) is 10.2 Å². The van der Waals surface area contributed by atoms with Crippen LogP contribution in [0, 0.1) is 0 Å². The third-order valence-corrected chi connectivity index (χ3v) is 4.24. The van der Waals surface area contributed by atoms with Gasteiger partial charge in [-0.3, -0.25) is 19.5 Å². The number of carbonyl (C=O) groups is 3. The second-order valence-corrected chi connectivity index (χ2v) is 6.29. The van der Waals surface area contributed by atoms with Crippen LogP contribution in [0.25, 0.3) is 11.6 Å². The fourth-order valence-corrected chi connectivity index (χ4v) is 2.75. The van der Waals surface area contributed by atoms with E-state index in [1.54, 1.807) is 23.6 Å². The summed E-state index contributed by atoms with van der Waals surface area (Å²) in [4.78, 5) is 34.3. The lowest BCUT2D eigenvalue weighted by Gasteiger charge is -2.12. The predicted octanol–water partition coefficient (Wildman–Crippen LogP) is 0.350. The molecule has 0 fully saturated rings. The van der Waals surface area contributed by atoms with E-state index in [4.69, 9.17) is 10.2 Å². The number of imide groups is 1. The molecule has 2 aromatic heterocycles. The molecule has 0 aliphatic carbocycles. The average molecular weight is 366 g/mol. The zero-order chi connectivity index (χ0) is 18.4. The second kappa shape index (κ2) is 8.33. The van der Waals surface area contributed by atoms with Gasteiger partial charge >= 0.3 is 6.03 Å². The van der Waals surface area contributed by atoms with Crippen LogP contribution in [-0.4, -0.2) is 44.9 Å². The fraction of sp³-hybridized carbons (Fsp3) is 0.357. The molecular formula is C14H18N6O4S. The maximum absolute atomic E-state index is 12.0. The minimum atomic E-state index is -0.613. The number of aromatic nitrogens is 3. The van der Waals surface area contributed by atoms with Crippen molar-refractivity contribution in [2.75, 3.05) is 7.05 Å². The van der Waals surface area contributed by atoms with Crippen LogP contribution in [0.15, 0.2) is 28.0 Å². The van der Waals surface area contributed by atoms with Crippen LogP contribution in [0.2, 0.25) is 0 Å². The lowest BCUT2D eigenvalue weighted by molar-refractivity contribution is -0.119. The maximum atomic E-state index is 12.0. The molecule has 0 aliphatic heterocycles. The van der Waals surface area contributed by atoms with Crippen LogP contribution in [0.5, 0.6) is 0 Å². The van der Waals surface area contributed by atoms with Crippen molar-refractivity contribution in [3.05, 3.63) is 18.4 Å². The van der Waals surface area contributed by atoms with E-state index >= 15 is 0 Å². The molecule has 0 saturated carbocycles. The van der Waals surface area contributed by atoms with Crippen LogP contribution >= 0.6 is 11.8 Å². The van der Waals surface area contributed by atoms with E-state index in [1.165, 1.54) is 13.3 Å². The smallest absolute Gasteiger partial charge is 0.321 e. The number of nitrogens with two attached hydrogens (primary N) is 1. The molecule has 1 atom stereocenters. The summed E-state index contributed by atoms with van der Waals surface area (Å²) in [6.07, 6.45) is 1.58. The Hall–Kier alpha value is -2.82. The van der Waals surface area contributed by atoms with E-state index in [2.05, 4.69) is 20.8 Å². The van der Waals surface area contributed by atoms with Crippen molar-refractivity contribution < 1.29 is 18.8 Å². The van der Waals surface area contributed by atoms with Gasteiger partial charge in [-0.25, -0.2) is 4.79 Å². The summed E-state index contributed by atoms with van der Waals surface area (Å²) in [5, 5.41) is 12.4. The lowest BCUT2D eigenvalue weighted by Crippen LogP contribution is -2.41. The number of carbonyl (C=O) groups excluding carboxylic acids is 3. The van der Waals surface area contributed by atoms with Gasteiger partial charge in [-0.05, 0) is 19.1 Å². The number of primary amides is 1. The van der Waals surface area contributed by atoms with Gasteiger partial charge in [0.1, 0.15) is 0 Å². The van der Waals surface area contributed by atoms with E-state index in [-0.39, 0.29) is 13.0 Å². The van der Waals surface area contributed by atoms with Crippen LogP contribution in [0.4, 0.5) is 4.79 Å². The number of furan rings is 1. The van der Waals surface area contributed by atoms with E-state index in [1.807, 2.05) is 0 Å². The van der Waals surface area contributed by atoms with Crippen LogP contribution < -0.4 is 16.4 Å². The average Bonchev–Trinajstić information content (AvgIpc) is 3.21. The molecule has 134 valence electrons. The Morgan fingerprint density at radius 2 is 2.16 bits per heavy atom. The van der Waals surface area contributed by atoms with Gasteiger partial charge < -0.3 is 15.5 Å². The number of nitrogens with zero attached hydrogens (tertiary/aromatic N) is 3. The molecule has 11 heteroatoms.